The molecule has 0 saturated carbocycles. The van der Waals surface area contributed by atoms with Gasteiger partial charge in [0.1, 0.15) is 36.3 Å². The smallest absolute Gasteiger partial charge is 0.274 e. The maximum atomic E-state index is 12.5. The van der Waals surface area contributed by atoms with Gasteiger partial charge in [-0.05, 0) is 18.9 Å². The molecule has 2 aromatic heterocycles. The van der Waals surface area contributed by atoms with Crippen LogP contribution in [-0.2, 0) is 50.7 Å². The van der Waals surface area contributed by atoms with Crippen LogP contribution >= 0.6 is 35.2 Å². The fraction of sp³-hybridized carbons (Fsp3) is 0.548. The highest BCUT2D eigenvalue weighted by Crippen LogP contribution is 2.56. The van der Waals surface area contributed by atoms with E-state index in [0.717, 1.165) is 41.8 Å². The van der Waals surface area contributed by atoms with Crippen LogP contribution in [0.25, 0.3) is 11.2 Å². The Hall–Kier alpha value is -3.22. The Kier molecular flexibility index (Phi) is 19.2. The van der Waals surface area contributed by atoms with E-state index in [1.807, 2.05) is 25.2 Å². The number of phosphoric ester groups is 3. The van der Waals surface area contributed by atoms with E-state index >= 15 is 0 Å². The standard InChI is InChI=1S/C31H48N7O17P3S/c1-4-5-6-7-8-9-10-11-22(40)59-15-14-33-21(39)12-13-34-29(43)26(42)31(2,3)17-52-58(49,50)55-57(47,48)51-16-20-25(54-56(44,45)46)24(41)30(53-20)38-19-37-23-27(32)35-18-36-28(23)38/h5-6,8-11,18-20,24-26,30,41-42H,4,7,12-17H2,1-3H3,(H,33,39)(H,34,43)(H,47,48)(H,49,50)(H2,32,35,36)(H2,44,45,46)/p-4/b6-5-,9-8-,11-10+/t20-,24-,25-,26+,30-/m1/s1. The van der Waals surface area contributed by atoms with E-state index in [1.165, 1.54) is 19.9 Å². The van der Waals surface area contributed by atoms with Crippen molar-refractivity contribution in [3.8, 4) is 0 Å². The molecule has 0 aromatic carbocycles. The average molecular weight is 912 g/mol. The van der Waals surface area contributed by atoms with Gasteiger partial charge in [-0.15, -0.1) is 0 Å². The van der Waals surface area contributed by atoms with Crippen molar-refractivity contribution in [3.05, 3.63) is 49.1 Å². The lowest BCUT2D eigenvalue weighted by Gasteiger charge is -2.36. The van der Waals surface area contributed by atoms with Crippen LogP contribution in [0, 0.1) is 5.41 Å². The number of allylic oxidation sites excluding steroid dienone is 5. The second kappa shape index (κ2) is 22.6. The topological polar surface area (TPSA) is 375 Å². The van der Waals surface area contributed by atoms with E-state index in [-0.39, 0.29) is 41.6 Å². The van der Waals surface area contributed by atoms with Crippen molar-refractivity contribution in [2.24, 2.45) is 5.41 Å². The molecule has 6 N–H and O–H groups in total. The highest BCUT2D eigenvalue weighted by molar-refractivity contribution is 8.14. The number of carbonyl (C=O) groups is 3. The first kappa shape index (κ1) is 50.1. The van der Waals surface area contributed by atoms with Gasteiger partial charge in [0.2, 0.25) is 16.9 Å². The summed E-state index contributed by atoms with van der Waals surface area (Å²) in [5.41, 5.74) is 4.06. The Morgan fingerprint density at radius 2 is 1.76 bits per heavy atom. The van der Waals surface area contributed by atoms with E-state index in [1.54, 1.807) is 12.2 Å². The highest BCUT2D eigenvalue weighted by atomic mass is 32.2. The molecule has 1 aliphatic rings. The molecule has 2 amide bonds. The lowest BCUT2D eigenvalue weighted by molar-refractivity contribution is -0.347. The summed E-state index contributed by atoms with van der Waals surface area (Å²) in [5.74, 6) is -1.28. The van der Waals surface area contributed by atoms with Gasteiger partial charge in [-0.2, -0.15) is 0 Å². The van der Waals surface area contributed by atoms with Crippen LogP contribution in [0.1, 0.15) is 46.3 Å². The second-order valence-electron chi connectivity index (χ2n) is 13.1. The van der Waals surface area contributed by atoms with Gasteiger partial charge in [-0.3, -0.25) is 28.1 Å². The molecule has 1 aliphatic heterocycles. The van der Waals surface area contributed by atoms with Crippen molar-refractivity contribution in [2.75, 3.05) is 37.8 Å². The number of aliphatic hydroxyl groups is 2. The number of aromatic nitrogens is 4. The summed E-state index contributed by atoms with van der Waals surface area (Å²) in [7, 11) is -17.6. The molecular formula is C31H44N7O17P3S-4. The molecule has 1 fully saturated rings. The van der Waals surface area contributed by atoms with E-state index in [4.69, 9.17) is 10.5 Å². The molecule has 59 heavy (non-hydrogen) atoms. The van der Waals surface area contributed by atoms with Crippen molar-refractivity contribution < 1.29 is 80.5 Å². The third kappa shape index (κ3) is 16.6. The van der Waals surface area contributed by atoms with Crippen LogP contribution < -0.4 is 35.9 Å². The Labute approximate surface area is 342 Å². The average Bonchev–Trinajstić information content (AvgIpc) is 3.71. The molecule has 1 saturated heterocycles. The molecule has 3 rings (SSSR count). The number of rotatable bonds is 24. The predicted molar refractivity (Wildman–Crippen MR) is 201 cm³/mol. The third-order valence-corrected chi connectivity index (χ3v) is 11.7. The third-order valence-electron chi connectivity index (χ3n) is 7.88. The molecule has 0 spiro atoms. The molecule has 24 nitrogen and oxygen atoms in total. The summed E-state index contributed by atoms with van der Waals surface area (Å²) in [4.78, 5) is 96.1. The van der Waals surface area contributed by atoms with E-state index in [9.17, 15) is 57.9 Å². The number of nitrogens with zero attached hydrogens (tertiary/aromatic N) is 4. The number of fused-ring (bicyclic) bond motifs is 1. The number of hydrogen-bond donors (Lipinski definition) is 5. The van der Waals surface area contributed by atoms with Gasteiger partial charge < -0.3 is 69.0 Å². The lowest BCUT2D eigenvalue weighted by Crippen LogP contribution is -2.46. The zero-order valence-corrected chi connectivity index (χ0v) is 35.3. The molecule has 3 heterocycles. The maximum Gasteiger partial charge on any atom is 0.274 e. The largest absolute Gasteiger partial charge is 0.790 e. The van der Waals surface area contributed by atoms with Gasteiger partial charge in [0.15, 0.2) is 17.7 Å². The van der Waals surface area contributed by atoms with Crippen molar-refractivity contribution in [3.63, 3.8) is 0 Å². The molecule has 330 valence electrons. The Bertz CT molecular complexity index is 1990. The SMILES string of the molecule is CC/C=C\C/C=C\C=C\C(=O)SCCNC(=O)CCNC(=O)[C@H](O)C(C)(C)COP(=O)([O-])OP(=O)([O-])OC[C@H]1O[C@@H](n2cnc3c(N)ncnc32)[C@H](O)[C@@H]1OP(=O)([O-])[O-]. The molecule has 0 bridgehead atoms. The zero-order chi connectivity index (χ0) is 44.0. The van der Waals surface area contributed by atoms with Crippen LogP contribution in [0.5, 0.6) is 0 Å². The Morgan fingerprint density at radius 3 is 2.46 bits per heavy atom. The van der Waals surface area contributed by atoms with E-state index < -0.39 is 84.6 Å². The van der Waals surface area contributed by atoms with Gasteiger partial charge in [0.05, 0.1) is 27.4 Å². The first-order chi connectivity index (χ1) is 27.6. The van der Waals surface area contributed by atoms with E-state index in [2.05, 4.69) is 43.5 Å². The van der Waals surface area contributed by atoms with Crippen LogP contribution in [0.2, 0.25) is 0 Å². The zero-order valence-electron chi connectivity index (χ0n) is 31.8. The highest BCUT2D eigenvalue weighted by Gasteiger charge is 2.47. The van der Waals surface area contributed by atoms with Crippen molar-refractivity contribution in [1.29, 1.82) is 0 Å². The van der Waals surface area contributed by atoms with Gasteiger partial charge in [-0.25, -0.2) is 19.3 Å². The number of nitrogen functional groups attached to an aromatic ring is 1. The summed E-state index contributed by atoms with van der Waals surface area (Å²) in [5, 5.41) is 26.0. The number of nitrogens with two attached hydrogens (primary N) is 1. The van der Waals surface area contributed by atoms with Crippen LogP contribution in [0.3, 0.4) is 0 Å². The number of nitrogens with one attached hydrogen (secondary N) is 2. The number of hydrogen-bond acceptors (Lipinski definition) is 22. The fourth-order valence-electron chi connectivity index (χ4n) is 4.94. The fourth-order valence-corrected chi connectivity index (χ4v) is 8.26. The van der Waals surface area contributed by atoms with Gasteiger partial charge in [0.25, 0.3) is 15.6 Å². The number of carbonyl (C=O) groups excluding carboxylic acids is 3. The first-order valence-electron chi connectivity index (χ1n) is 17.5. The number of phosphoric acid groups is 3. The number of anilines is 1. The summed E-state index contributed by atoms with van der Waals surface area (Å²) >= 11 is 0.996. The molecule has 0 radical (unpaired) electrons. The maximum absolute atomic E-state index is 12.5. The lowest BCUT2D eigenvalue weighted by atomic mass is 9.87. The summed E-state index contributed by atoms with van der Waals surface area (Å²) in [6.07, 6.45) is 4.79. The van der Waals surface area contributed by atoms with Gasteiger partial charge in [-0.1, -0.05) is 62.9 Å². The van der Waals surface area contributed by atoms with Crippen molar-refractivity contribution in [2.45, 2.75) is 70.7 Å². The van der Waals surface area contributed by atoms with E-state index in [0.29, 0.717) is 5.75 Å². The summed E-state index contributed by atoms with van der Waals surface area (Å²) < 4.78 is 60.5. The van der Waals surface area contributed by atoms with Crippen molar-refractivity contribution in [1.82, 2.24) is 30.2 Å². The summed E-state index contributed by atoms with van der Waals surface area (Å²) in [6.45, 7) is 2.07. The molecule has 28 heteroatoms. The number of aliphatic hydroxyl groups excluding tert-OH is 2. The minimum absolute atomic E-state index is 0.0229. The van der Waals surface area contributed by atoms with Crippen LogP contribution in [-0.4, -0.2) is 103 Å². The predicted octanol–water partition coefficient (Wildman–Crippen LogP) is -1.39. The number of thioether (sulfide) groups is 1. The molecule has 7 atom stereocenters. The Balaban J connectivity index is 1.44. The number of ether oxygens (including phenoxy) is 1. The second-order valence-corrected chi connectivity index (χ2v) is 18.2. The molecule has 2 unspecified atom stereocenters. The van der Waals surface area contributed by atoms with Crippen LogP contribution in [0.15, 0.2) is 49.1 Å². The first-order valence-corrected chi connectivity index (χ1v) is 22.9. The number of imidazole rings is 1. The molecule has 2 aromatic rings. The minimum Gasteiger partial charge on any atom is -0.790 e. The summed E-state index contributed by atoms with van der Waals surface area (Å²) in [6, 6.07) is 0. The quantitative estimate of drug-likeness (QED) is 0.0266. The van der Waals surface area contributed by atoms with Crippen LogP contribution in [0.4, 0.5) is 5.82 Å². The molecular weight excluding hydrogens is 867 g/mol. The van der Waals surface area contributed by atoms with Gasteiger partial charge >= 0.3 is 0 Å². The van der Waals surface area contributed by atoms with Gasteiger partial charge in [0, 0.05) is 30.7 Å². The minimum atomic E-state index is -5.92. The molecule has 0 aliphatic carbocycles. The number of amides is 2. The normalized spacial score (nSPS) is 21.6. The monoisotopic (exact) mass is 911 g/mol. The van der Waals surface area contributed by atoms with Crippen molar-refractivity contribution >= 4 is 69.1 Å². The Morgan fingerprint density at radius 1 is 1.05 bits per heavy atom.